The van der Waals surface area contributed by atoms with Crippen LogP contribution in [0, 0.1) is 13.8 Å². The van der Waals surface area contributed by atoms with Crippen molar-refractivity contribution in [2.45, 2.75) is 79.1 Å². The van der Waals surface area contributed by atoms with E-state index in [0.717, 1.165) is 43.7 Å². The number of carbonyl (C=O) groups is 5. The normalized spacial score (nSPS) is 21.2. The number of aromatic nitrogens is 2. The molecule has 2 aromatic carbocycles. The first kappa shape index (κ1) is 32.4. The van der Waals surface area contributed by atoms with E-state index in [1.807, 2.05) is 38.2 Å². The first-order valence-corrected chi connectivity index (χ1v) is 14.6. The summed E-state index contributed by atoms with van der Waals surface area (Å²) in [6.45, 7) is 9.73. The number of nitrogens with one attached hydrogen (secondary N) is 1. The number of ether oxygens (including phenoxy) is 6. The fourth-order valence-electron chi connectivity index (χ4n) is 6.08. The zero-order valence-electron chi connectivity index (χ0n) is 26.5. The van der Waals surface area contributed by atoms with Crippen LogP contribution in [0.25, 0.3) is 32.6 Å². The van der Waals surface area contributed by atoms with Crippen molar-refractivity contribution in [1.29, 1.82) is 0 Å². The quantitative estimate of drug-likeness (QED) is 0.137. The molecule has 13 heteroatoms. The summed E-state index contributed by atoms with van der Waals surface area (Å²) in [5.74, 6) is -2.72. The monoisotopic (exact) mass is 635 g/mol. The summed E-state index contributed by atoms with van der Waals surface area (Å²) in [5, 5.41) is 3.55. The maximum atomic E-state index is 12.4. The first-order valence-electron chi connectivity index (χ1n) is 14.6. The predicted molar refractivity (Wildman–Crippen MR) is 161 cm³/mol. The number of hydrogen-bond donors (Lipinski definition) is 1. The molecule has 0 spiro atoms. The van der Waals surface area contributed by atoms with Crippen molar-refractivity contribution in [2.24, 2.45) is 0 Å². The van der Waals surface area contributed by atoms with Gasteiger partial charge in [0.1, 0.15) is 18.5 Å². The third-order valence-corrected chi connectivity index (χ3v) is 7.83. The van der Waals surface area contributed by atoms with E-state index in [9.17, 15) is 24.0 Å². The van der Waals surface area contributed by atoms with Crippen molar-refractivity contribution in [3.63, 3.8) is 0 Å². The van der Waals surface area contributed by atoms with Crippen LogP contribution in [0.5, 0.6) is 5.75 Å². The molecule has 5 rings (SSSR count). The minimum atomic E-state index is -1.30. The van der Waals surface area contributed by atoms with Gasteiger partial charge in [-0.3, -0.25) is 24.0 Å². The van der Waals surface area contributed by atoms with Gasteiger partial charge in [-0.15, -0.1) is 0 Å². The number of hydrogen-bond acceptors (Lipinski definition) is 11. The third-order valence-electron chi connectivity index (χ3n) is 7.83. The molecule has 0 radical (unpaired) electrons. The zero-order chi connectivity index (χ0) is 33.4. The van der Waals surface area contributed by atoms with Gasteiger partial charge in [0.25, 0.3) is 0 Å². The first-order chi connectivity index (χ1) is 21.7. The number of esters is 5. The number of rotatable bonds is 7. The van der Waals surface area contributed by atoms with Gasteiger partial charge >= 0.3 is 36.1 Å². The van der Waals surface area contributed by atoms with Crippen molar-refractivity contribution < 1.29 is 57.0 Å². The van der Waals surface area contributed by atoms with Crippen LogP contribution >= 0.6 is 0 Å². The molecule has 1 aliphatic rings. The lowest BCUT2D eigenvalue weighted by Crippen LogP contribution is -2.65. The molecule has 0 unspecified atom stereocenters. The second-order valence-electron chi connectivity index (χ2n) is 11.2. The van der Waals surface area contributed by atoms with E-state index in [4.69, 9.17) is 28.4 Å². The summed E-state index contributed by atoms with van der Waals surface area (Å²) >= 11 is 0. The van der Waals surface area contributed by atoms with Crippen molar-refractivity contribution in [3.05, 3.63) is 47.8 Å². The standard InChI is InChI=1S/C33H34N2O11/c1-15-25-13-35(11-10-23(25)16(2)29-28(15)24-12-22(42-18(4)37)8-9-26(24)34-29)33-32(45-21(7)40)31(44-20(6)39)30(43-19(5)38)27(46-33)14-41-17(3)36/h8-13,27,30-33H,14H2,1-7H3/p+1/t27-,30-,31-,32-,33-/m1/s1. The van der Waals surface area contributed by atoms with Crippen LogP contribution in [0.3, 0.4) is 0 Å². The highest BCUT2D eigenvalue weighted by Crippen LogP contribution is 2.38. The Balaban J connectivity index is 1.69. The number of nitrogens with zero attached hydrogens (tertiary/aromatic N) is 1. The molecule has 3 heterocycles. The molecule has 5 atom stereocenters. The minimum absolute atomic E-state index is 0.332. The number of pyridine rings is 1. The minimum Gasteiger partial charge on any atom is -0.463 e. The largest absolute Gasteiger partial charge is 0.463 e. The average molecular weight is 636 g/mol. The molecule has 1 aliphatic heterocycles. The molecule has 1 N–H and O–H groups in total. The van der Waals surface area contributed by atoms with Crippen LogP contribution in [0.2, 0.25) is 0 Å². The molecule has 13 nitrogen and oxygen atoms in total. The van der Waals surface area contributed by atoms with Crippen molar-refractivity contribution in [3.8, 4) is 5.75 Å². The van der Waals surface area contributed by atoms with Gasteiger partial charge in [0.05, 0.1) is 5.52 Å². The molecule has 242 valence electrons. The molecule has 4 aromatic rings. The topological polar surface area (TPSA) is 160 Å². The number of fused-ring (bicyclic) bond motifs is 4. The number of aromatic amines is 1. The average Bonchev–Trinajstić information content (AvgIpc) is 3.35. The Bertz CT molecular complexity index is 1900. The van der Waals surface area contributed by atoms with E-state index < -0.39 is 60.5 Å². The number of benzene rings is 2. The SMILES string of the molecule is CC(=O)OC[C@H]1O[C@@H]([n+]2ccc3c(C)c4[nH]c5ccc(OC(C)=O)cc5c4c(C)c3c2)[C@H](OC(C)=O)[C@H](OC(C)=O)[C@@H]1OC(C)=O. The summed E-state index contributed by atoms with van der Waals surface area (Å²) in [4.78, 5) is 63.6. The maximum Gasteiger partial charge on any atom is 0.308 e. The third kappa shape index (κ3) is 6.36. The Hall–Kier alpha value is -5.04. The van der Waals surface area contributed by atoms with Gasteiger partial charge in [0.2, 0.25) is 6.10 Å². The van der Waals surface area contributed by atoms with Gasteiger partial charge in [0, 0.05) is 62.4 Å². The Kier molecular flexibility index (Phi) is 8.97. The van der Waals surface area contributed by atoms with Crippen LogP contribution in [0.1, 0.15) is 52.0 Å². The zero-order valence-corrected chi connectivity index (χ0v) is 26.5. The lowest BCUT2D eigenvalue weighted by molar-refractivity contribution is -0.776. The summed E-state index contributed by atoms with van der Waals surface area (Å²) in [6.07, 6.45) is -2.44. The molecule has 0 amide bonds. The molecular weight excluding hydrogens is 600 g/mol. The molecule has 0 saturated carbocycles. The molecule has 2 aromatic heterocycles. The highest BCUT2D eigenvalue weighted by Gasteiger charge is 2.56. The highest BCUT2D eigenvalue weighted by atomic mass is 16.7. The van der Waals surface area contributed by atoms with Crippen molar-refractivity contribution in [1.82, 2.24) is 4.98 Å². The van der Waals surface area contributed by atoms with Crippen LogP contribution in [-0.2, 0) is 47.7 Å². The van der Waals surface area contributed by atoms with Gasteiger partial charge < -0.3 is 33.4 Å². The van der Waals surface area contributed by atoms with E-state index in [2.05, 4.69) is 4.98 Å². The second kappa shape index (κ2) is 12.8. The fraction of sp³-hybridized carbons (Fsp3) is 0.394. The Labute approximate surface area is 263 Å². The second-order valence-corrected chi connectivity index (χ2v) is 11.2. The molecule has 1 saturated heterocycles. The van der Waals surface area contributed by atoms with E-state index in [1.165, 1.54) is 34.6 Å². The number of aryl methyl sites for hydroxylation is 2. The van der Waals surface area contributed by atoms with E-state index >= 15 is 0 Å². The fourth-order valence-corrected chi connectivity index (χ4v) is 6.08. The molecular formula is C33H35N2O11+. The van der Waals surface area contributed by atoms with Crippen LogP contribution in [-0.4, -0.2) is 65.9 Å². The lowest BCUT2D eigenvalue weighted by Gasteiger charge is -2.41. The summed E-state index contributed by atoms with van der Waals surface area (Å²) < 4.78 is 35.4. The van der Waals surface area contributed by atoms with Gasteiger partial charge in [-0.25, -0.2) is 0 Å². The van der Waals surface area contributed by atoms with Crippen LogP contribution in [0.4, 0.5) is 0 Å². The van der Waals surface area contributed by atoms with Gasteiger partial charge in [-0.05, 0) is 48.6 Å². The Morgan fingerprint density at radius 3 is 2.04 bits per heavy atom. The van der Waals surface area contributed by atoms with Gasteiger partial charge in [0.15, 0.2) is 24.6 Å². The molecule has 0 bridgehead atoms. The molecule has 0 aliphatic carbocycles. The summed E-state index contributed by atoms with van der Waals surface area (Å²) in [6, 6.07) is 7.28. The predicted octanol–water partition coefficient (Wildman–Crippen LogP) is 3.56. The van der Waals surface area contributed by atoms with Gasteiger partial charge in [-0.1, -0.05) is 0 Å². The van der Waals surface area contributed by atoms with Crippen molar-refractivity contribution >= 4 is 62.4 Å². The maximum absolute atomic E-state index is 12.4. The van der Waals surface area contributed by atoms with Gasteiger partial charge in [-0.2, -0.15) is 4.57 Å². The lowest BCUT2D eigenvalue weighted by atomic mass is 9.95. The summed E-state index contributed by atoms with van der Waals surface area (Å²) in [7, 11) is 0. The number of carbonyl (C=O) groups excluding carboxylic acids is 5. The molecule has 46 heavy (non-hydrogen) atoms. The highest BCUT2D eigenvalue weighted by molar-refractivity contribution is 6.16. The van der Waals surface area contributed by atoms with E-state index in [-0.39, 0.29) is 6.61 Å². The molecule has 1 fully saturated rings. The van der Waals surface area contributed by atoms with Crippen LogP contribution in [0.15, 0.2) is 36.7 Å². The smallest absolute Gasteiger partial charge is 0.308 e. The van der Waals surface area contributed by atoms with E-state index in [1.54, 1.807) is 16.8 Å². The Morgan fingerprint density at radius 1 is 0.761 bits per heavy atom. The van der Waals surface area contributed by atoms with Crippen LogP contribution < -0.4 is 9.30 Å². The Morgan fingerprint density at radius 2 is 1.41 bits per heavy atom. The van der Waals surface area contributed by atoms with E-state index in [0.29, 0.717) is 5.75 Å². The summed E-state index contributed by atoms with van der Waals surface area (Å²) in [5.41, 5.74) is 3.65. The number of H-pyrrole nitrogens is 1. The van der Waals surface area contributed by atoms with Crippen molar-refractivity contribution in [2.75, 3.05) is 6.61 Å².